The maximum absolute atomic E-state index is 8.08. The molecule has 5 nitrogen and oxygen atoms in total. The first kappa shape index (κ1) is 29.9. The molecule has 2 atom stereocenters. The summed E-state index contributed by atoms with van der Waals surface area (Å²) in [6, 6.07) is 32.7. The van der Waals surface area contributed by atoms with Gasteiger partial charge in [-0.05, 0) is 55.9 Å². The molecular weight excluding hydrogens is 438 g/mol. The van der Waals surface area contributed by atoms with Gasteiger partial charge in [0.2, 0.25) is 0 Å². The fraction of sp³-hybridized carbons (Fsp3) is 0.367. The predicted molar refractivity (Wildman–Crippen MR) is 141 cm³/mol. The summed E-state index contributed by atoms with van der Waals surface area (Å²) in [5, 5.41) is 23.5. The lowest BCUT2D eigenvalue weighted by Crippen LogP contribution is -2.16. The maximum atomic E-state index is 8.08. The molecule has 188 valence electrons. The van der Waals surface area contributed by atoms with Crippen molar-refractivity contribution in [3.63, 3.8) is 0 Å². The van der Waals surface area contributed by atoms with E-state index in [1.807, 2.05) is 30.3 Å². The van der Waals surface area contributed by atoms with Crippen LogP contribution in [0.15, 0.2) is 91.0 Å². The van der Waals surface area contributed by atoms with E-state index in [1.54, 1.807) is 6.07 Å². The van der Waals surface area contributed by atoms with E-state index < -0.39 is 5.79 Å². The topological polar surface area (TPSA) is 82.7 Å². The Kier molecular flexibility index (Phi) is 14.8. The Hall–Kier alpha value is -3.17. The molecule has 5 heteroatoms. The molecule has 2 N–H and O–H groups in total. The van der Waals surface area contributed by atoms with E-state index in [0.29, 0.717) is 12.5 Å². The molecule has 0 saturated carbocycles. The van der Waals surface area contributed by atoms with Crippen molar-refractivity contribution < 1.29 is 19.7 Å². The lowest BCUT2D eigenvalue weighted by molar-refractivity contribution is -0.127. The lowest BCUT2D eigenvalue weighted by atomic mass is 10.1. The Morgan fingerprint density at radius 1 is 0.886 bits per heavy atom. The highest BCUT2D eigenvalue weighted by Crippen LogP contribution is 2.20. The Morgan fingerprint density at radius 2 is 1.29 bits per heavy atom. The summed E-state index contributed by atoms with van der Waals surface area (Å²) in [6.07, 6.45) is 2.43. The van der Waals surface area contributed by atoms with Crippen molar-refractivity contribution in [2.75, 3.05) is 13.2 Å². The van der Waals surface area contributed by atoms with E-state index in [0.717, 1.165) is 25.2 Å². The van der Waals surface area contributed by atoms with E-state index in [2.05, 4.69) is 67.6 Å². The Morgan fingerprint density at radius 3 is 1.66 bits per heavy atom. The van der Waals surface area contributed by atoms with Crippen LogP contribution in [-0.4, -0.2) is 35.3 Å². The van der Waals surface area contributed by atoms with Crippen LogP contribution < -0.4 is 4.74 Å². The van der Waals surface area contributed by atoms with Crippen LogP contribution in [0, 0.1) is 17.2 Å². The molecular formula is C30H39NO4. The SMILES string of the molecule is CC#N.CC(C)(O)O.C[C@@H]1COC(COc2ccccc2)C1.c1ccc(Cc2ccccc2)cc1. The average Bonchev–Trinajstić information content (AvgIpc) is 3.25. The molecule has 0 radical (unpaired) electrons. The van der Waals surface area contributed by atoms with Crippen LogP contribution in [0.25, 0.3) is 0 Å². The quantitative estimate of drug-likeness (QED) is 0.440. The van der Waals surface area contributed by atoms with Crippen molar-refractivity contribution in [1.82, 2.24) is 0 Å². The fourth-order valence-corrected chi connectivity index (χ4v) is 3.13. The zero-order chi connectivity index (χ0) is 25.9. The van der Waals surface area contributed by atoms with Gasteiger partial charge in [-0.25, -0.2) is 0 Å². The zero-order valence-corrected chi connectivity index (χ0v) is 21.3. The van der Waals surface area contributed by atoms with Gasteiger partial charge < -0.3 is 19.7 Å². The van der Waals surface area contributed by atoms with Crippen LogP contribution in [0.2, 0.25) is 0 Å². The maximum Gasteiger partial charge on any atom is 0.156 e. The molecule has 1 aliphatic rings. The number of hydrogen-bond donors (Lipinski definition) is 2. The van der Waals surface area contributed by atoms with Crippen molar-refractivity contribution in [3.05, 3.63) is 102 Å². The minimum Gasteiger partial charge on any atom is -0.491 e. The molecule has 0 bridgehead atoms. The summed E-state index contributed by atoms with van der Waals surface area (Å²) in [5.74, 6) is 0.107. The second kappa shape index (κ2) is 17.3. The molecule has 0 aromatic heterocycles. The highest BCUT2D eigenvalue weighted by molar-refractivity contribution is 5.25. The first-order chi connectivity index (χ1) is 16.7. The Labute approximate surface area is 210 Å². The van der Waals surface area contributed by atoms with Gasteiger partial charge in [-0.1, -0.05) is 85.8 Å². The summed E-state index contributed by atoms with van der Waals surface area (Å²) < 4.78 is 11.2. The van der Waals surface area contributed by atoms with Gasteiger partial charge in [-0.3, -0.25) is 0 Å². The highest BCUT2D eigenvalue weighted by atomic mass is 16.5. The number of aliphatic hydroxyl groups is 2. The van der Waals surface area contributed by atoms with Crippen molar-refractivity contribution in [2.24, 2.45) is 5.92 Å². The number of hydrogen-bond acceptors (Lipinski definition) is 5. The summed E-state index contributed by atoms with van der Waals surface area (Å²) in [5.41, 5.74) is 2.74. The minimum absolute atomic E-state index is 0.283. The smallest absolute Gasteiger partial charge is 0.156 e. The molecule has 1 heterocycles. The van der Waals surface area contributed by atoms with Crippen molar-refractivity contribution >= 4 is 0 Å². The monoisotopic (exact) mass is 477 g/mol. The predicted octanol–water partition coefficient (Wildman–Crippen LogP) is 6.00. The van der Waals surface area contributed by atoms with E-state index in [9.17, 15) is 0 Å². The van der Waals surface area contributed by atoms with E-state index >= 15 is 0 Å². The first-order valence-corrected chi connectivity index (χ1v) is 11.8. The second-order valence-electron chi connectivity index (χ2n) is 8.79. The van der Waals surface area contributed by atoms with Gasteiger partial charge in [0.1, 0.15) is 12.4 Å². The van der Waals surface area contributed by atoms with Crippen LogP contribution in [-0.2, 0) is 11.2 Å². The molecule has 35 heavy (non-hydrogen) atoms. The molecule has 3 aromatic carbocycles. The zero-order valence-electron chi connectivity index (χ0n) is 21.3. The first-order valence-electron chi connectivity index (χ1n) is 11.8. The van der Waals surface area contributed by atoms with Crippen LogP contribution in [0.1, 0.15) is 45.2 Å². The van der Waals surface area contributed by atoms with Crippen LogP contribution in [0.4, 0.5) is 0 Å². The molecule has 1 aliphatic heterocycles. The van der Waals surface area contributed by atoms with Crippen molar-refractivity contribution in [2.45, 2.75) is 52.4 Å². The number of para-hydroxylation sites is 1. The summed E-state index contributed by atoms with van der Waals surface area (Å²) in [6.45, 7) is 7.79. The number of nitrogens with zero attached hydrogens (tertiary/aromatic N) is 1. The van der Waals surface area contributed by atoms with Crippen molar-refractivity contribution in [3.8, 4) is 11.8 Å². The van der Waals surface area contributed by atoms with Gasteiger partial charge in [-0.15, -0.1) is 0 Å². The normalized spacial score (nSPS) is 16.1. The van der Waals surface area contributed by atoms with Crippen LogP contribution in [0.5, 0.6) is 5.75 Å². The molecule has 0 spiro atoms. The highest BCUT2D eigenvalue weighted by Gasteiger charge is 2.22. The molecule has 0 amide bonds. The second-order valence-corrected chi connectivity index (χ2v) is 8.79. The van der Waals surface area contributed by atoms with Crippen molar-refractivity contribution in [1.29, 1.82) is 5.26 Å². The molecule has 1 unspecified atom stereocenters. The number of benzene rings is 3. The molecule has 1 fully saturated rings. The number of ether oxygens (including phenoxy) is 2. The van der Waals surface area contributed by atoms with Gasteiger partial charge in [0.25, 0.3) is 0 Å². The van der Waals surface area contributed by atoms with Crippen LogP contribution in [0.3, 0.4) is 0 Å². The molecule has 3 aromatic rings. The minimum atomic E-state index is -1.50. The fourth-order valence-electron chi connectivity index (χ4n) is 3.13. The third-order valence-corrected chi connectivity index (χ3v) is 4.55. The summed E-state index contributed by atoms with van der Waals surface area (Å²) in [7, 11) is 0. The van der Waals surface area contributed by atoms with Crippen LogP contribution >= 0.6 is 0 Å². The number of rotatable bonds is 5. The standard InChI is InChI=1S/C13H12.C12H16O2.C3H8O2.C2H3N/c1-3-7-12(8-4-1)11-13-9-5-2-6-10-13;1-10-7-12(13-8-10)9-14-11-5-3-2-4-6-11;1-3(2,4)5;1-2-3/h1-10H,11H2;2-6,10,12H,7-9H2,1H3;4-5H,1-2H3;1H3/t;10-,12?;;/m.0../s1. The Bertz CT molecular complexity index is 891. The van der Waals surface area contributed by atoms with Gasteiger partial charge in [-0.2, -0.15) is 5.26 Å². The third-order valence-electron chi connectivity index (χ3n) is 4.55. The molecule has 0 aliphatic carbocycles. The average molecular weight is 478 g/mol. The van der Waals surface area contributed by atoms with Gasteiger partial charge in [0, 0.05) is 13.5 Å². The summed E-state index contributed by atoms with van der Waals surface area (Å²) in [4.78, 5) is 0. The van der Waals surface area contributed by atoms with E-state index in [4.69, 9.17) is 24.9 Å². The molecule has 4 rings (SSSR count). The van der Waals surface area contributed by atoms with Gasteiger partial charge in [0.15, 0.2) is 5.79 Å². The third kappa shape index (κ3) is 17.0. The molecule has 1 saturated heterocycles. The van der Waals surface area contributed by atoms with Gasteiger partial charge in [0.05, 0.1) is 12.2 Å². The largest absolute Gasteiger partial charge is 0.491 e. The van der Waals surface area contributed by atoms with E-state index in [1.165, 1.54) is 31.9 Å². The van der Waals surface area contributed by atoms with E-state index in [-0.39, 0.29) is 6.10 Å². The number of nitriles is 1. The summed E-state index contributed by atoms with van der Waals surface area (Å²) >= 11 is 0. The van der Waals surface area contributed by atoms with Gasteiger partial charge >= 0.3 is 0 Å². The Balaban J connectivity index is 0.000000271. The lowest BCUT2D eigenvalue weighted by Gasteiger charge is -2.10.